The summed E-state index contributed by atoms with van der Waals surface area (Å²) in [6.07, 6.45) is 0. The normalized spacial score (nSPS) is 11.1. The van der Waals surface area contributed by atoms with Crippen molar-refractivity contribution in [1.82, 2.24) is 4.90 Å². The Kier molecular flexibility index (Phi) is 6.47. The Labute approximate surface area is 179 Å². The molecule has 0 fully saturated rings. The number of nitrogens with one attached hydrogen (secondary N) is 1. The van der Waals surface area contributed by atoms with E-state index in [0.29, 0.717) is 11.6 Å². The Bertz CT molecular complexity index is 1140. The zero-order valence-corrected chi connectivity index (χ0v) is 17.8. The first-order valence-corrected chi connectivity index (χ1v) is 10.9. The first-order valence-electron chi connectivity index (χ1n) is 8.64. The second-order valence-corrected chi connectivity index (χ2v) is 8.86. The lowest BCUT2D eigenvalue weighted by Crippen LogP contribution is -2.26. The monoisotopic (exact) mass is 448 g/mol. The molecule has 0 aliphatic rings. The van der Waals surface area contributed by atoms with Crippen LogP contribution in [0.15, 0.2) is 77.7 Å². The molecule has 0 atom stereocenters. The largest absolute Gasteiger partial charge is 0.337 e. The Morgan fingerprint density at radius 3 is 2.24 bits per heavy atom. The number of halogens is 2. The zero-order valence-electron chi connectivity index (χ0n) is 15.5. The number of carbonyl (C=O) groups is 1. The Morgan fingerprint density at radius 2 is 1.59 bits per heavy atom. The topological polar surface area (TPSA) is 66.5 Å². The van der Waals surface area contributed by atoms with Crippen LogP contribution >= 0.6 is 23.2 Å². The summed E-state index contributed by atoms with van der Waals surface area (Å²) in [4.78, 5) is 14.4. The molecule has 29 heavy (non-hydrogen) atoms. The molecule has 3 rings (SSSR count). The van der Waals surface area contributed by atoms with Crippen molar-refractivity contribution in [3.8, 4) is 0 Å². The van der Waals surface area contributed by atoms with Crippen LogP contribution in [-0.4, -0.2) is 26.3 Å². The van der Waals surface area contributed by atoms with Crippen molar-refractivity contribution in [2.75, 3.05) is 11.8 Å². The van der Waals surface area contributed by atoms with Crippen molar-refractivity contribution in [1.29, 1.82) is 0 Å². The van der Waals surface area contributed by atoms with Crippen molar-refractivity contribution in [2.24, 2.45) is 0 Å². The maximum Gasteiger partial charge on any atom is 0.261 e. The van der Waals surface area contributed by atoms with Gasteiger partial charge in [0, 0.05) is 18.6 Å². The number of amides is 1. The van der Waals surface area contributed by atoms with Crippen LogP contribution in [0.3, 0.4) is 0 Å². The Hall–Kier alpha value is -2.54. The van der Waals surface area contributed by atoms with Gasteiger partial charge in [-0.1, -0.05) is 59.6 Å². The molecule has 8 heteroatoms. The molecule has 0 saturated carbocycles. The first kappa shape index (κ1) is 21.2. The van der Waals surface area contributed by atoms with Gasteiger partial charge in [0.05, 0.1) is 21.2 Å². The third-order valence-corrected chi connectivity index (χ3v) is 6.30. The van der Waals surface area contributed by atoms with Crippen LogP contribution in [0.25, 0.3) is 0 Å². The van der Waals surface area contributed by atoms with E-state index in [9.17, 15) is 13.2 Å². The third-order valence-electron chi connectivity index (χ3n) is 4.22. The summed E-state index contributed by atoms with van der Waals surface area (Å²) in [5, 5.41) is 0.721. The average Bonchev–Trinajstić information content (AvgIpc) is 2.70. The van der Waals surface area contributed by atoms with Gasteiger partial charge in [0.15, 0.2) is 0 Å². The first-order chi connectivity index (χ1) is 13.8. The van der Waals surface area contributed by atoms with Gasteiger partial charge in [-0.3, -0.25) is 9.52 Å². The lowest BCUT2D eigenvalue weighted by molar-refractivity contribution is 0.0785. The molecule has 1 N–H and O–H groups in total. The van der Waals surface area contributed by atoms with Crippen LogP contribution in [0.5, 0.6) is 0 Å². The van der Waals surface area contributed by atoms with Gasteiger partial charge in [-0.25, -0.2) is 8.42 Å². The minimum Gasteiger partial charge on any atom is -0.337 e. The van der Waals surface area contributed by atoms with Gasteiger partial charge in [-0.05, 0) is 42.0 Å². The molecule has 0 saturated heterocycles. The minimum atomic E-state index is -3.74. The Balaban J connectivity index is 1.77. The minimum absolute atomic E-state index is 0.135. The zero-order chi connectivity index (χ0) is 21.0. The summed E-state index contributed by atoms with van der Waals surface area (Å²) in [5.41, 5.74) is 1.35. The molecule has 0 aliphatic heterocycles. The van der Waals surface area contributed by atoms with Crippen LogP contribution in [0, 0.1) is 0 Å². The van der Waals surface area contributed by atoms with E-state index in [2.05, 4.69) is 4.72 Å². The quantitative estimate of drug-likeness (QED) is 0.572. The van der Waals surface area contributed by atoms with Crippen LogP contribution in [0.2, 0.25) is 10.0 Å². The van der Waals surface area contributed by atoms with E-state index in [1.165, 1.54) is 35.2 Å². The summed E-state index contributed by atoms with van der Waals surface area (Å²) >= 11 is 12.4. The molecule has 0 aliphatic carbocycles. The van der Waals surface area contributed by atoms with Crippen LogP contribution < -0.4 is 4.72 Å². The average molecular weight is 449 g/mol. The molecule has 3 aromatic carbocycles. The van der Waals surface area contributed by atoms with E-state index >= 15 is 0 Å². The summed E-state index contributed by atoms with van der Waals surface area (Å²) in [6, 6.07) is 19.7. The van der Waals surface area contributed by atoms with Crippen molar-refractivity contribution in [3.05, 3.63) is 94.0 Å². The number of anilines is 1. The number of rotatable bonds is 6. The number of carbonyl (C=O) groups excluding carboxylic acids is 1. The molecular formula is C21H18Cl2N2O3S. The Morgan fingerprint density at radius 1 is 0.931 bits per heavy atom. The van der Waals surface area contributed by atoms with Crippen molar-refractivity contribution in [3.63, 3.8) is 0 Å². The standard InChI is InChI=1S/C21H18Cl2N2O3S/c1-25(14-15-7-5-6-10-19(15)22)21(26)18-12-11-16(13-20(18)23)24-29(27,28)17-8-3-2-4-9-17/h2-13,24H,14H2,1H3. The fourth-order valence-corrected chi connectivity index (χ4v) is 4.25. The molecule has 3 aromatic rings. The van der Waals surface area contributed by atoms with Gasteiger partial charge in [0.25, 0.3) is 15.9 Å². The van der Waals surface area contributed by atoms with Gasteiger partial charge in [0.2, 0.25) is 0 Å². The van der Waals surface area contributed by atoms with Crippen molar-refractivity contribution >= 4 is 44.8 Å². The fraction of sp³-hybridized carbons (Fsp3) is 0.0952. The number of benzene rings is 3. The van der Waals surface area contributed by atoms with Crippen LogP contribution in [0.4, 0.5) is 5.69 Å². The molecule has 0 bridgehead atoms. The second kappa shape index (κ2) is 8.86. The highest BCUT2D eigenvalue weighted by Crippen LogP contribution is 2.25. The van der Waals surface area contributed by atoms with Gasteiger partial charge < -0.3 is 4.90 Å². The van der Waals surface area contributed by atoms with Gasteiger partial charge in [-0.2, -0.15) is 0 Å². The third kappa shape index (κ3) is 5.09. The fourth-order valence-electron chi connectivity index (χ4n) is 2.73. The summed E-state index contributed by atoms with van der Waals surface area (Å²) in [7, 11) is -2.10. The van der Waals surface area contributed by atoms with E-state index in [1.54, 1.807) is 31.3 Å². The highest BCUT2D eigenvalue weighted by atomic mass is 35.5. The van der Waals surface area contributed by atoms with Gasteiger partial charge >= 0.3 is 0 Å². The highest BCUT2D eigenvalue weighted by Gasteiger charge is 2.19. The molecule has 0 radical (unpaired) electrons. The maximum absolute atomic E-state index is 12.8. The number of hydrogen-bond donors (Lipinski definition) is 1. The van der Waals surface area contributed by atoms with Crippen LogP contribution in [-0.2, 0) is 16.6 Å². The lowest BCUT2D eigenvalue weighted by Gasteiger charge is -2.19. The summed E-state index contributed by atoms with van der Waals surface area (Å²) in [6.45, 7) is 0.317. The van der Waals surface area contributed by atoms with Crippen molar-refractivity contribution in [2.45, 2.75) is 11.4 Å². The number of sulfonamides is 1. The highest BCUT2D eigenvalue weighted by molar-refractivity contribution is 7.92. The maximum atomic E-state index is 12.8. The molecule has 0 spiro atoms. The molecule has 0 heterocycles. The summed E-state index contributed by atoms with van der Waals surface area (Å²) < 4.78 is 27.3. The molecule has 1 amide bonds. The predicted molar refractivity (Wildman–Crippen MR) is 116 cm³/mol. The van der Waals surface area contributed by atoms with Gasteiger partial charge in [-0.15, -0.1) is 0 Å². The molecule has 0 aromatic heterocycles. The van der Waals surface area contributed by atoms with Crippen LogP contribution in [0.1, 0.15) is 15.9 Å². The molecular weight excluding hydrogens is 431 g/mol. The molecule has 150 valence electrons. The van der Waals surface area contributed by atoms with Crippen molar-refractivity contribution < 1.29 is 13.2 Å². The van der Waals surface area contributed by atoms with E-state index in [-0.39, 0.29) is 27.1 Å². The van der Waals surface area contributed by atoms with E-state index in [4.69, 9.17) is 23.2 Å². The summed E-state index contributed by atoms with van der Waals surface area (Å²) in [5.74, 6) is -0.299. The number of nitrogens with zero attached hydrogens (tertiary/aromatic N) is 1. The van der Waals surface area contributed by atoms with E-state index in [1.807, 2.05) is 18.2 Å². The number of hydrogen-bond acceptors (Lipinski definition) is 3. The predicted octanol–water partition coefficient (Wildman–Crippen LogP) is 5.07. The SMILES string of the molecule is CN(Cc1ccccc1Cl)C(=O)c1ccc(NS(=O)(=O)c2ccccc2)cc1Cl. The lowest BCUT2D eigenvalue weighted by atomic mass is 10.1. The van der Waals surface area contributed by atoms with Gasteiger partial charge in [0.1, 0.15) is 0 Å². The molecule has 0 unspecified atom stereocenters. The smallest absolute Gasteiger partial charge is 0.261 e. The molecule has 5 nitrogen and oxygen atoms in total. The van der Waals surface area contributed by atoms with E-state index in [0.717, 1.165) is 5.56 Å². The second-order valence-electron chi connectivity index (χ2n) is 6.37. The van der Waals surface area contributed by atoms with E-state index < -0.39 is 10.0 Å².